The second kappa shape index (κ2) is 8.29. The molecule has 0 saturated carbocycles. The molecular weight excluding hydrogens is 456 g/mol. The first-order chi connectivity index (χ1) is 9.43. The van der Waals surface area contributed by atoms with Gasteiger partial charge in [0, 0.05) is 0 Å². The summed E-state index contributed by atoms with van der Waals surface area (Å²) in [5.41, 5.74) is 0.927. The first-order valence-corrected chi connectivity index (χ1v) is 8.55. The molecule has 0 unspecified atom stereocenters. The third-order valence-electron chi connectivity index (χ3n) is 2.24. The Morgan fingerprint density at radius 1 is 0.850 bits per heavy atom. The van der Waals surface area contributed by atoms with Crippen molar-refractivity contribution in [2.45, 2.75) is 20.8 Å². The molecule has 0 atom stereocenters. The molecule has 0 spiro atoms. The molecule has 1 aromatic carbocycles. The number of benzene rings is 1. The van der Waals surface area contributed by atoms with Gasteiger partial charge in [0.15, 0.2) is 11.5 Å². The van der Waals surface area contributed by atoms with Crippen molar-refractivity contribution >= 4 is 47.8 Å². The molecule has 0 N–H and O–H groups in total. The van der Waals surface area contributed by atoms with E-state index in [1.54, 1.807) is 0 Å². The van der Waals surface area contributed by atoms with Crippen LogP contribution in [0.1, 0.15) is 20.8 Å². The zero-order chi connectivity index (χ0) is 15.3. The first-order valence-electron chi connectivity index (χ1n) is 6.17. The summed E-state index contributed by atoms with van der Waals surface area (Å²) in [6, 6.07) is 0. The quantitative estimate of drug-likeness (QED) is 0.375. The van der Waals surface area contributed by atoms with Crippen LogP contribution in [0.4, 0.5) is 0 Å². The minimum absolute atomic E-state index is 0.415. The van der Waals surface area contributed by atoms with Crippen LogP contribution in [-0.2, 0) is 0 Å². The van der Waals surface area contributed by atoms with Crippen LogP contribution in [0.2, 0.25) is 0 Å². The molecule has 1 aromatic rings. The lowest BCUT2D eigenvalue weighted by Gasteiger charge is -2.20. The largest absolute Gasteiger partial charge is 0.489 e. The summed E-state index contributed by atoms with van der Waals surface area (Å²) in [7, 11) is 0. The van der Waals surface area contributed by atoms with Crippen molar-refractivity contribution in [1.82, 2.24) is 0 Å². The van der Waals surface area contributed by atoms with Crippen molar-refractivity contribution in [2.75, 3.05) is 19.8 Å². The summed E-state index contributed by atoms with van der Waals surface area (Å²) in [6.45, 7) is 11.1. The molecule has 0 aliphatic heterocycles. The van der Waals surface area contributed by atoms with Crippen molar-refractivity contribution in [2.24, 2.45) is 0 Å². The molecule has 0 aliphatic rings. The molecule has 6 heteroatoms. The molecule has 20 heavy (non-hydrogen) atoms. The van der Waals surface area contributed by atoms with Gasteiger partial charge in [-0.15, -0.1) is 0 Å². The molecule has 0 saturated heterocycles. The van der Waals surface area contributed by atoms with Gasteiger partial charge in [0.05, 0.1) is 26.6 Å². The van der Waals surface area contributed by atoms with Gasteiger partial charge >= 0.3 is 0 Å². The van der Waals surface area contributed by atoms with Gasteiger partial charge in [-0.25, -0.2) is 0 Å². The second-order valence-corrected chi connectivity index (χ2v) is 6.42. The van der Waals surface area contributed by atoms with E-state index in [0.717, 1.165) is 19.0 Å². The van der Waals surface area contributed by atoms with Crippen molar-refractivity contribution in [3.05, 3.63) is 25.6 Å². The lowest BCUT2D eigenvalue weighted by molar-refractivity contribution is 0.261. The van der Waals surface area contributed by atoms with E-state index in [-0.39, 0.29) is 0 Å². The van der Waals surface area contributed by atoms with E-state index in [2.05, 4.69) is 54.4 Å². The van der Waals surface area contributed by atoms with Crippen molar-refractivity contribution in [3.8, 4) is 17.2 Å². The average molecular weight is 473 g/mol. The van der Waals surface area contributed by atoms with Crippen LogP contribution in [0.15, 0.2) is 25.6 Å². The van der Waals surface area contributed by atoms with E-state index in [1.807, 2.05) is 20.8 Å². The zero-order valence-electron chi connectivity index (χ0n) is 11.7. The minimum Gasteiger partial charge on any atom is -0.489 e. The van der Waals surface area contributed by atoms with Crippen molar-refractivity contribution in [3.63, 3.8) is 0 Å². The van der Waals surface area contributed by atoms with Crippen LogP contribution in [0.25, 0.3) is 0 Å². The van der Waals surface area contributed by atoms with Gasteiger partial charge < -0.3 is 14.2 Å². The number of halogens is 3. The Hall–Kier alpha value is -0.200. The number of hydrogen-bond acceptors (Lipinski definition) is 3. The third kappa shape index (κ3) is 4.15. The molecule has 0 bridgehead atoms. The summed E-state index contributed by atoms with van der Waals surface area (Å²) in [4.78, 5) is 0. The van der Waals surface area contributed by atoms with Crippen LogP contribution in [0.5, 0.6) is 17.2 Å². The van der Waals surface area contributed by atoms with Crippen molar-refractivity contribution < 1.29 is 14.2 Å². The average Bonchev–Trinajstić information content (AvgIpc) is 2.40. The van der Waals surface area contributed by atoms with Crippen LogP contribution in [0, 0.1) is 0 Å². The smallest absolute Gasteiger partial charge is 0.206 e. The summed E-state index contributed by atoms with van der Waals surface area (Å²) in [5, 5.41) is 0. The Morgan fingerprint density at radius 2 is 1.30 bits per heavy atom. The van der Waals surface area contributed by atoms with Gasteiger partial charge in [0.1, 0.15) is 6.61 Å². The summed E-state index contributed by atoms with van der Waals surface area (Å²) in [6.07, 6.45) is 0. The van der Waals surface area contributed by atoms with E-state index < -0.39 is 0 Å². The highest BCUT2D eigenvalue weighted by Gasteiger charge is 2.24. The molecule has 0 aromatic heterocycles. The lowest BCUT2D eigenvalue weighted by atomic mass is 10.3. The van der Waals surface area contributed by atoms with Crippen LogP contribution in [0.3, 0.4) is 0 Å². The molecule has 0 heterocycles. The van der Waals surface area contributed by atoms with E-state index in [1.165, 1.54) is 0 Å². The van der Waals surface area contributed by atoms with Crippen LogP contribution >= 0.6 is 47.8 Å². The first kappa shape index (κ1) is 17.9. The molecule has 3 nitrogen and oxygen atoms in total. The fourth-order valence-corrected chi connectivity index (χ4v) is 3.08. The molecule has 0 radical (unpaired) electrons. The van der Waals surface area contributed by atoms with Gasteiger partial charge in [-0.1, -0.05) is 6.58 Å². The predicted octanol–water partition coefficient (Wildman–Crippen LogP) is 5.73. The molecule has 0 amide bonds. The minimum atomic E-state index is 0.415. The third-order valence-corrected chi connectivity index (χ3v) is 5.61. The van der Waals surface area contributed by atoms with Gasteiger partial charge in [-0.3, -0.25) is 0 Å². The topological polar surface area (TPSA) is 27.7 Å². The summed E-state index contributed by atoms with van der Waals surface area (Å²) in [5.74, 6) is 1.81. The van der Waals surface area contributed by atoms with E-state index in [9.17, 15) is 0 Å². The van der Waals surface area contributed by atoms with Crippen LogP contribution < -0.4 is 14.2 Å². The standard InChI is InChI=1S/C14H17Br3O3/c1-5-18-12-10(16)9(15)11(17)13(14(12)19-6-2)20-7-8(3)4/h3,5-7H2,1-2,4H3. The van der Waals surface area contributed by atoms with E-state index in [4.69, 9.17) is 14.2 Å². The molecule has 1 rings (SSSR count). The molecule has 0 aliphatic carbocycles. The Balaban J connectivity index is 3.40. The van der Waals surface area contributed by atoms with E-state index in [0.29, 0.717) is 37.1 Å². The summed E-state index contributed by atoms with van der Waals surface area (Å²) >= 11 is 10.5. The molecule has 0 fully saturated rings. The van der Waals surface area contributed by atoms with Gasteiger partial charge in [-0.2, -0.15) is 0 Å². The second-order valence-electron chi connectivity index (χ2n) is 4.04. The van der Waals surface area contributed by atoms with Crippen LogP contribution in [-0.4, -0.2) is 19.8 Å². The van der Waals surface area contributed by atoms with Gasteiger partial charge in [0.2, 0.25) is 5.75 Å². The SMILES string of the molecule is C=C(C)COc1c(Br)c(Br)c(Br)c(OCC)c1OCC. The monoisotopic (exact) mass is 470 g/mol. The Kier molecular flexibility index (Phi) is 7.40. The highest BCUT2D eigenvalue weighted by molar-refractivity contribution is 9.14. The number of rotatable bonds is 7. The Labute approximate surface area is 145 Å². The molecular formula is C14H17Br3O3. The maximum atomic E-state index is 5.80. The predicted molar refractivity (Wildman–Crippen MR) is 92.2 cm³/mol. The highest BCUT2D eigenvalue weighted by Crippen LogP contribution is 2.52. The maximum Gasteiger partial charge on any atom is 0.206 e. The van der Waals surface area contributed by atoms with Gasteiger partial charge in [0.25, 0.3) is 0 Å². The Morgan fingerprint density at radius 3 is 1.75 bits per heavy atom. The lowest BCUT2D eigenvalue weighted by Crippen LogP contribution is -2.06. The highest BCUT2D eigenvalue weighted by atomic mass is 79.9. The Bertz CT molecular complexity index is 501. The zero-order valence-corrected chi connectivity index (χ0v) is 16.4. The van der Waals surface area contributed by atoms with Gasteiger partial charge in [-0.05, 0) is 74.1 Å². The maximum absolute atomic E-state index is 5.80. The molecule has 112 valence electrons. The number of hydrogen-bond donors (Lipinski definition) is 0. The fourth-order valence-electron chi connectivity index (χ4n) is 1.47. The summed E-state index contributed by atoms with van der Waals surface area (Å²) < 4.78 is 19.6. The fraction of sp³-hybridized carbons (Fsp3) is 0.429. The van der Waals surface area contributed by atoms with E-state index >= 15 is 0 Å². The normalized spacial score (nSPS) is 10.3. The van der Waals surface area contributed by atoms with Crippen molar-refractivity contribution in [1.29, 1.82) is 0 Å². The number of ether oxygens (including phenoxy) is 3.